The van der Waals surface area contributed by atoms with E-state index in [9.17, 15) is 31.1 Å². The predicted molar refractivity (Wildman–Crippen MR) is 143 cm³/mol. The van der Waals surface area contributed by atoms with Crippen molar-refractivity contribution in [3.05, 3.63) is 64.6 Å². The van der Waals surface area contributed by atoms with E-state index in [4.69, 9.17) is 14.5 Å². The molecule has 0 N–H and O–H groups in total. The molecule has 2 aromatic heterocycles. The Labute approximate surface area is 243 Å². The molecular formula is C29H29F6N5O3. The van der Waals surface area contributed by atoms with Crippen LogP contribution in [0, 0.1) is 0 Å². The molecule has 5 rings (SSSR count). The minimum atomic E-state index is -5.04. The molecule has 3 aromatic rings. The first-order valence-electron chi connectivity index (χ1n) is 13.6. The monoisotopic (exact) mass is 609 g/mol. The Hall–Kier alpha value is -4.10. The van der Waals surface area contributed by atoms with Crippen LogP contribution in [0.5, 0.6) is 5.88 Å². The van der Waals surface area contributed by atoms with Crippen molar-refractivity contribution in [1.82, 2.24) is 19.9 Å². The van der Waals surface area contributed by atoms with Crippen LogP contribution in [0.25, 0.3) is 11.1 Å². The second-order valence-electron chi connectivity index (χ2n) is 10.9. The van der Waals surface area contributed by atoms with Gasteiger partial charge in [0.2, 0.25) is 11.8 Å². The number of halogens is 6. The van der Waals surface area contributed by atoms with Crippen LogP contribution >= 0.6 is 0 Å². The molecule has 230 valence electrons. The molecule has 1 aromatic carbocycles. The van der Waals surface area contributed by atoms with Crippen LogP contribution in [0.2, 0.25) is 0 Å². The van der Waals surface area contributed by atoms with Gasteiger partial charge in [0.1, 0.15) is 6.10 Å². The van der Waals surface area contributed by atoms with Crippen molar-refractivity contribution in [2.75, 3.05) is 25.1 Å². The van der Waals surface area contributed by atoms with Crippen LogP contribution in [0.15, 0.2) is 36.7 Å². The Morgan fingerprint density at radius 3 is 2.16 bits per heavy atom. The summed E-state index contributed by atoms with van der Waals surface area (Å²) in [6.07, 6.45) is -8.12. The Bertz CT molecular complexity index is 1490. The van der Waals surface area contributed by atoms with E-state index in [1.807, 2.05) is 24.8 Å². The maximum Gasteiger partial charge on any atom is 0.416 e. The summed E-state index contributed by atoms with van der Waals surface area (Å²) in [6.45, 7) is 6.83. The first kappa shape index (κ1) is 30.4. The number of nitrogens with zero attached hydrogens (tertiary/aromatic N) is 5. The molecule has 0 aliphatic carbocycles. The maximum atomic E-state index is 13.5. The van der Waals surface area contributed by atoms with Gasteiger partial charge in [0.15, 0.2) is 0 Å². The standard InChI is InChI=1S/C29H29F6N5O3/c1-15(2)18-10-21(25(42-4)36-12-18)22-13-37-26(39-6-5-7-39)38-23(22)14-40-16(3)24(43-27(40)41)17-8-19(28(30,31)32)11-20(9-17)29(33,34)35/h8-13,15-16,24H,5-7,14H2,1-4H3. The van der Waals surface area contributed by atoms with Gasteiger partial charge in [0.25, 0.3) is 0 Å². The number of ether oxygens (including phenoxy) is 2. The topological polar surface area (TPSA) is 80.7 Å². The minimum absolute atomic E-state index is 0.0416. The number of carbonyl (C=O) groups is 1. The fourth-order valence-electron chi connectivity index (χ4n) is 5.02. The van der Waals surface area contributed by atoms with Crippen LogP contribution in [0.1, 0.15) is 67.2 Å². The first-order chi connectivity index (χ1) is 20.2. The number of rotatable bonds is 7. The molecule has 0 saturated carbocycles. The van der Waals surface area contributed by atoms with Gasteiger partial charge in [0, 0.05) is 36.6 Å². The number of hydrogen-bond acceptors (Lipinski definition) is 7. The summed E-state index contributed by atoms with van der Waals surface area (Å²) in [6, 6.07) is 2.16. The van der Waals surface area contributed by atoms with Gasteiger partial charge in [-0.1, -0.05) is 13.8 Å². The Morgan fingerprint density at radius 1 is 0.977 bits per heavy atom. The zero-order valence-corrected chi connectivity index (χ0v) is 23.8. The fraction of sp³-hybridized carbons (Fsp3) is 0.448. The lowest BCUT2D eigenvalue weighted by Crippen LogP contribution is -2.39. The number of pyridine rings is 1. The van der Waals surface area contributed by atoms with Gasteiger partial charge in [-0.25, -0.2) is 19.7 Å². The molecule has 2 saturated heterocycles. The van der Waals surface area contributed by atoms with Gasteiger partial charge in [-0.3, -0.25) is 4.90 Å². The van der Waals surface area contributed by atoms with Gasteiger partial charge in [-0.05, 0) is 54.7 Å². The Kier molecular flexibility index (Phi) is 7.90. The zero-order chi connectivity index (χ0) is 31.3. The molecule has 8 nitrogen and oxygen atoms in total. The normalized spacial score (nSPS) is 19.1. The molecule has 2 fully saturated rings. The molecule has 14 heteroatoms. The molecule has 0 bridgehead atoms. The van der Waals surface area contributed by atoms with Crippen LogP contribution in [-0.2, 0) is 23.6 Å². The molecular weight excluding hydrogens is 580 g/mol. The number of benzene rings is 1. The summed E-state index contributed by atoms with van der Waals surface area (Å²) < 4.78 is 92.0. The van der Waals surface area contributed by atoms with E-state index in [2.05, 4.69) is 9.97 Å². The molecule has 43 heavy (non-hydrogen) atoms. The van der Waals surface area contributed by atoms with E-state index < -0.39 is 47.3 Å². The molecule has 2 atom stereocenters. The average molecular weight is 610 g/mol. The number of carbonyl (C=O) groups excluding carboxylic acids is 1. The quantitative estimate of drug-likeness (QED) is 0.267. The van der Waals surface area contributed by atoms with E-state index in [1.165, 1.54) is 18.9 Å². The highest BCUT2D eigenvalue weighted by molar-refractivity contribution is 5.74. The Morgan fingerprint density at radius 2 is 1.63 bits per heavy atom. The van der Waals surface area contributed by atoms with Crippen LogP contribution in [0.3, 0.4) is 0 Å². The van der Waals surface area contributed by atoms with Crippen molar-refractivity contribution in [2.24, 2.45) is 0 Å². The predicted octanol–water partition coefficient (Wildman–Crippen LogP) is 7.00. The summed E-state index contributed by atoms with van der Waals surface area (Å²) >= 11 is 0. The van der Waals surface area contributed by atoms with E-state index in [0.717, 1.165) is 25.1 Å². The minimum Gasteiger partial charge on any atom is -0.481 e. The van der Waals surface area contributed by atoms with Gasteiger partial charge < -0.3 is 14.4 Å². The van der Waals surface area contributed by atoms with Crippen LogP contribution in [-0.4, -0.2) is 52.2 Å². The third-order valence-corrected chi connectivity index (χ3v) is 7.67. The lowest BCUT2D eigenvalue weighted by atomic mass is 9.97. The van der Waals surface area contributed by atoms with E-state index in [0.29, 0.717) is 40.8 Å². The number of alkyl halides is 6. The molecule has 2 aliphatic heterocycles. The van der Waals surface area contributed by atoms with Crippen molar-refractivity contribution < 1.29 is 40.6 Å². The summed E-state index contributed by atoms with van der Waals surface area (Å²) in [5, 5.41) is 0. The molecule has 0 spiro atoms. The second kappa shape index (κ2) is 11.2. The lowest BCUT2D eigenvalue weighted by Gasteiger charge is -2.31. The molecule has 2 aliphatic rings. The largest absolute Gasteiger partial charge is 0.481 e. The number of aromatic nitrogens is 3. The maximum absolute atomic E-state index is 13.5. The number of amides is 1. The number of anilines is 1. The zero-order valence-electron chi connectivity index (χ0n) is 23.8. The van der Waals surface area contributed by atoms with Crippen molar-refractivity contribution in [1.29, 1.82) is 0 Å². The van der Waals surface area contributed by atoms with Crippen molar-refractivity contribution in [3.8, 4) is 17.0 Å². The fourth-order valence-corrected chi connectivity index (χ4v) is 5.02. The second-order valence-corrected chi connectivity index (χ2v) is 10.9. The van der Waals surface area contributed by atoms with Gasteiger partial charge >= 0.3 is 18.4 Å². The number of hydrogen-bond donors (Lipinski definition) is 0. The average Bonchev–Trinajstić information content (AvgIpc) is 3.19. The van der Waals surface area contributed by atoms with Crippen molar-refractivity contribution in [3.63, 3.8) is 0 Å². The van der Waals surface area contributed by atoms with Crippen molar-refractivity contribution >= 4 is 12.0 Å². The molecule has 1 amide bonds. The van der Waals surface area contributed by atoms with Gasteiger partial charge in [-0.2, -0.15) is 26.3 Å². The first-order valence-corrected chi connectivity index (χ1v) is 13.6. The third-order valence-electron chi connectivity index (χ3n) is 7.67. The Balaban J connectivity index is 1.54. The summed E-state index contributed by atoms with van der Waals surface area (Å²) in [7, 11) is 1.46. The highest BCUT2D eigenvalue weighted by Crippen LogP contribution is 2.42. The number of methoxy groups -OCH3 is 1. The van der Waals surface area contributed by atoms with Crippen LogP contribution < -0.4 is 9.64 Å². The lowest BCUT2D eigenvalue weighted by molar-refractivity contribution is -0.143. The van der Waals surface area contributed by atoms with Gasteiger partial charge in [0.05, 0.1) is 36.5 Å². The summed E-state index contributed by atoms with van der Waals surface area (Å²) in [5.41, 5.74) is -0.997. The molecule has 2 unspecified atom stereocenters. The summed E-state index contributed by atoms with van der Waals surface area (Å²) in [4.78, 5) is 29.9. The highest BCUT2D eigenvalue weighted by atomic mass is 19.4. The smallest absolute Gasteiger partial charge is 0.416 e. The molecule has 4 heterocycles. The number of cyclic esters (lactones) is 1. The summed E-state index contributed by atoms with van der Waals surface area (Å²) in [5.74, 6) is 0.858. The van der Waals surface area contributed by atoms with E-state index in [-0.39, 0.29) is 18.5 Å². The SMILES string of the molecule is COc1ncc(C(C)C)cc1-c1cnc(N2CCC2)nc1CN1C(=O)OC(c2cc(C(F)(F)F)cc(C(F)(F)F)c2)C1C. The van der Waals surface area contributed by atoms with E-state index in [1.54, 1.807) is 12.4 Å². The third kappa shape index (κ3) is 6.04. The van der Waals surface area contributed by atoms with Crippen LogP contribution in [0.4, 0.5) is 37.1 Å². The molecule has 0 radical (unpaired) electrons. The van der Waals surface area contributed by atoms with Gasteiger partial charge in [-0.15, -0.1) is 0 Å². The van der Waals surface area contributed by atoms with E-state index >= 15 is 0 Å². The highest BCUT2D eigenvalue weighted by Gasteiger charge is 2.43. The van der Waals surface area contributed by atoms with Crippen molar-refractivity contribution in [2.45, 2.75) is 64.2 Å².